The molecule has 1 aliphatic rings. The molecule has 2 heterocycles. The molecule has 5 nitrogen and oxygen atoms in total. The monoisotopic (exact) mass is 302 g/mol. The van der Waals surface area contributed by atoms with Gasteiger partial charge >= 0.3 is 0 Å². The van der Waals surface area contributed by atoms with E-state index in [-0.39, 0.29) is 28.9 Å². The number of benzene rings is 1. The molecule has 3 N–H and O–H groups in total. The van der Waals surface area contributed by atoms with Gasteiger partial charge in [-0.3, -0.25) is 0 Å². The molecule has 0 unspecified atom stereocenters. The van der Waals surface area contributed by atoms with Crippen LogP contribution >= 0.6 is 24.0 Å². The summed E-state index contributed by atoms with van der Waals surface area (Å²) >= 11 is 5.85. The van der Waals surface area contributed by atoms with Crippen molar-refractivity contribution in [2.24, 2.45) is 0 Å². The Balaban J connectivity index is 0.00000133. The van der Waals surface area contributed by atoms with Crippen LogP contribution in [0.5, 0.6) is 11.5 Å². The van der Waals surface area contributed by atoms with Gasteiger partial charge in [-0.25, -0.2) is 0 Å². The fourth-order valence-electron chi connectivity index (χ4n) is 2.09. The van der Waals surface area contributed by atoms with Crippen LogP contribution in [0, 0.1) is 0 Å². The van der Waals surface area contributed by atoms with Crippen LogP contribution in [0.3, 0.4) is 0 Å². The van der Waals surface area contributed by atoms with Gasteiger partial charge in [0.15, 0.2) is 5.76 Å². The van der Waals surface area contributed by atoms with Crippen molar-refractivity contribution in [2.45, 2.75) is 13.0 Å². The molecular formula is C12H12Cl2N2O3. The molecule has 0 saturated heterocycles. The van der Waals surface area contributed by atoms with Gasteiger partial charge in [-0.05, 0) is 6.07 Å². The van der Waals surface area contributed by atoms with Crippen LogP contribution in [0.4, 0.5) is 0 Å². The largest absolute Gasteiger partial charge is 0.507 e. The molecule has 19 heavy (non-hydrogen) atoms. The highest BCUT2D eigenvalue weighted by atomic mass is 35.5. The summed E-state index contributed by atoms with van der Waals surface area (Å²) in [5.74, 6) is 0.252. The molecule has 2 aromatic rings. The Morgan fingerprint density at radius 3 is 2.84 bits per heavy atom. The molecule has 1 aliphatic heterocycles. The predicted octanol–water partition coefficient (Wildman–Crippen LogP) is 2.47. The van der Waals surface area contributed by atoms with Gasteiger partial charge in [0.05, 0.1) is 16.3 Å². The first-order valence-corrected chi connectivity index (χ1v) is 5.94. The van der Waals surface area contributed by atoms with Gasteiger partial charge in [-0.2, -0.15) is 0 Å². The maximum atomic E-state index is 9.86. The molecule has 7 heteroatoms. The average molecular weight is 303 g/mol. The zero-order valence-electron chi connectivity index (χ0n) is 9.81. The quantitative estimate of drug-likeness (QED) is 0.754. The lowest BCUT2D eigenvalue weighted by Crippen LogP contribution is -2.23. The Hall–Kier alpha value is -1.43. The first kappa shape index (κ1) is 14.0. The van der Waals surface area contributed by atoms with Gasteiger partial charge in [-0.15, -0.1) is 12.4 Å². The van der Waals surface area contributed by atoms with Crippen LogP contribution in [0.1, 0.15) is 11.3 Å². The van der Waals surface area contributed by atoms with Gasteiger partial charge in [0, 0.05) is 31.1 Å². The second kappa shape index (κ2) is 5.28. The van der Waals surface area contributed by atoms with E-state index in [4.69, 9.17) is 16.1 Å². The van der Waals surface area contributed by atoms with E-state index in [9.17, 15) is 10.2 Å². The van der Waals surface area contributed by atoms with E-state index >= 15 is 0 Å². The first-order chi connectivity index (χ1) is 8.66. The molecule has 0 atom stereocenters. The molecule has 0 amide bonds. The lowest BCUT2D eigenvalue weighted by molar-refractivity contribution is 0.417. The van der Waals surface area contributed by atoms with Crippen molar-refractivity contribution in [2.75, 3.05) is 6.54 Å². The zero-order chi connectivity index (χ0) is 12.7. The maximum Gasteiger partial charge on any atom is 0.175 e. The number of rotatable bonds is 1. The Kier molecular flexibility index (Phi) is 3.89. The maximum absolute atomic E-state index is 9.86. The minimum atomic E-state index is -0.163. The van der Waals surface area contributed by atoms with Gasteiger partial charge in [0.25, 0.3) is 0 Å². The lowest BCUT2D eigenvalue weighted by Gasteiger charge is -2.12. The molecule has 0 spiro atoms. The molecule has 1 aromatic carbocycles. The summed E-state index contributed by atoms with van der Waals surface area (Å²) in [5, 5.41) is 26.6. The number of hydrogen-bond donors (Lipinski definition) is 3. The van der Waals surface area contributed by atoms with Crippen molar-refractivity contribution in [3.63, 3.8) is 0 Å². The highest BCUT2D eigenvalue weighted by Gasteiger charge is 2.23. The molecular weight excluding hydrogens is 291 g/mol. The summed E-state index contributed by atoms with van der Waals surface area (Å²) in [4.78, 5) is 0. The van der Waals surface area contributed by atoms with Gasteiger partial charge in [0.2, 0.25) is 0 Å². The molecule has 0 radical (unpaired) electrons. The number of nitrogens with one attached hydrogen (secondary N) is 1. The van der Waals surface area contributed by atoms with Crippen LogP contribution in [-0.4, -0.2) is 21.9 Å². The summed E-state index contributed by atoms with van der Waals surface area (Å²) in [6.07, 6.45) is 0.797. The van der Waals surface area contributed by atoms with E-state index in [1.807, 2.05) is 0 Å². The summed E-state index contributed by atoms with van der Waals surface area (Å²) in [7, 11) is 0. The predicted molar refractivity (Wildman–Crippen MR) is 72.9 cm³/mol. The molecule has 102 valence electrons. The van der Waals surface area contributed by atoms with Crippen LogP contribution in [-0.2, 0) is 13.0 Å². The fourth-order valence-corrected chi connectivity index (χ4v) is 2.25. The minimum Gasteiger partial charge on any atom is -0.507 e. The lowest BCUT2D eigenvalue weighted by atomic mass is 10.0. The third kappa shape index (κ3) is 2.36. The first-order valence-electron chi connectivity index (χ1n) is 5.57. The SMILES string of the molecule is Cl.Oc1cc(O)c(-c2onc3c2CNCC3)cc1Cl. The Morgan fingerprint density at radius 2 is 2.05 bits per heavy atom. The number of halogens is 2. The number of aromatic hydroxyl groups is 2. The summed E-state index contributed by atoms with van der Waals surface area (Å²) in [6, 6.07) is 2.67. The summed E-state index contributed by atoms with van der Waals surface area (Å²) < 4.78 is 5.29. The number of fused-ring (bicyclic) bond motifs is 1. The van der Waals surface area contributed by atoms with Gasteiger partial charge < -0.3 is 20.1 Å². The van der Waals surface area contributed by atoms with Crippen LogP contribution in [0.2, 0.25) is 5.02 Å². The van der Waals surface area contributed by atoms with E-state index in [2.05, 4.69) is 10.5 Å². The Bertz CT molecular complexity index is 613. The molecule has 0 fully saturated rings. The molecule has 0 saturated carbocycles. The molecule has 3 rings (SSSR count). The number of nitrogens with zero attached hydrogens (tertiary/aromatic N) is 1. The molecule has 0 bridgehead atoms. The smallest absolute Gasteiger partial charge is 0.175 e. The average Bonchev–Trinajstić information content (AvgIpc) is 2.78. The highest BCUT2D eigenvalue weighted by Crippen LogP contribution is 2.39. The van der Waals surface area contributed by atoms with Gasteiger partial charge in [-0.1, -0.05) is 16.8 Å². The van der Waals surface area contributed by atoms with Crippen molar-refractivity contribution >= 4 is 24.0 Å². The number of aromatic nitrogens is 1. The summed E-state index contributed by atoms with van der Waals surface area (Å²) in [6.45, 7) is 1.51. The third-order valence-corrected chi connectivity index (χ3v) is 3.32. The van der Waals surface area contributed by atoms with Gasteiger partial charge in [0.1, 0.15) is 11.5 Å². The van der Waals surface area contributed by atoms with E-state index in [0.29, 0.717) is 17.9 Å². The minimum absolute atomic E-state index is 0. The number of phenolic OH excluding ortho intramolecular Hbond substituents is 2. The fraction of sp³-hybridized carbons (Fsp3) is 0.250. The molecule has 0 aliphatic carbocycles. The van der Waals surface area contributed by atoms with Crippen LogP contribution < -0.4 is 5.32 Å². The Morgan fingerprint density at radius 1 is 1.26 bits per heavy atom. The number of phenols is 2. The van der Waals surface area contributed by atoms with Crippen molar-refractivity contribution in [1.82, 2.24) is 10.5 Å². The van der Waals surface area contributed by atoms with Crippen molar-refractivity contribution < 1.29 is 14.7 Å². The van der Waals surface area contributed by atoms with Crippen molar-refractivity contribution in [3.05, 3.63) is 28.4 Å². The standard InChI is InChI=1S/C12H11ClN2O3.ClH/c13-8-3-6(10(16)4-11(8)17)12-7-5-14-2-1-9(7)15-18-12;/h3-4,14,16-17H,1-2,5H2;1H. The number of hydrogen-bond acceptors (Lipinski definition) is 5. The summed E-state index contributed by atoms with van der Waals surface area (Å²) in [5.41, 5.74) is 2.26. The Labute approximate surface area is 120 Å². The van der Waals surface area contributed by atoms with E-state index in [0.717, 1.165) is 24.2 Å². The third-order valence-electron chi connectivity index (χ3n) is 3.02. The normalized spacial score (nSPS) is 13.7. The topological polar surface area (TPSA) is 78.5 Å². The highest BCUT2D eigenvalue weighted by molar-refractivity contribution is 6.32. The van der Waals surface area contributed by atoms with Crippen LogP contribution in [0.25, 0.3) is 11.3 Å². The second-order valence-corrected chi connectivity index (χ2v) is 4.59. The van der Waals surface area contributed by atoms with E-state index in [1.54, 1.807) is 0 Å². The van der Waals surface area contributed by atoms with E-state index < -0.39 is 0 Å². The van der Waals surface area contributed by atoms with Crippen molar-refractivity contribution in [3.8, 4) is 22.8 Å². The second-order valence-electron chi connectivity index (χ2n) is 4.18. The van der Waals surface area contributed by atoms with Crippen LogP contribution in [0.15, 0.2) is 16.7 Å². The van der Waals surface area contributed by atoms with Crippen molar-refractivity contribution in [1.29, 1.82) is 0 Å². The molecule has 1 aromatic heterocycles. The van der Waals surface area contributed by atoms with E-state index in [1.165, 1.54) is 12.1 Å². The zero-order valence-corrected chi connectivity index (χ0v) is 11.4.